The lowest BCUT2D eigenvalue weighted by molar-refractivity contribution is 0.587. The SMILES string of the molecule is CNc1cc(C)ccc1S(=O)(=O)C(C)C. The third-order valence-electron chi connectivity index (χ3n) is 2.33. The smallest absolute Gasteiger partial charge is 0.182 e. The van der Waals surface area contributed by atoms with Crippen LogP contribution in [0.5, 0.6) is 0 Å². The molecule has 0 aromatic heterocycles. The third-order valence-corrected chi connectivity index (χ3v) is 4.54. The molecule has 0 aliphatic carbocycles. The quantitative estimate of drug-likeness (QED) is 0.861. The highest BCUT2D eigenvalue weighted by molar-refractivity contribution is 7.92. The maximum Gasteiger partial charge on any atom is 0.182 e. The van der Waals surface area contributed by atoms with E-state index >= 15 is 0 Å². The minimum Gasteiger partial charge on any atom is -0.387 e. The van der Waals surface area contributed by atoms with Crippen LogP contribution >= 0.6 is 0 Å². The van der Waals surface area contributed by atoms with E-state index in [4.69, 9.17) is 0 Å². The van der Waals surface area contributed by atoms with Crippen LogP contribution in [0.3, 0.4) is 0 Å². The van der Waals surface area contributed by atoms with E-state index in [1.54, 1.807) is 27.0 Å². The molecule has 0 atom stereocenters. The van der Waals surface area contributed by atoms with Gasteiger partial charge in [0.25, 0.3) is 0 Å². The Kier molecular flexibility index (Phi) is 3.39. The number of rotatable bonds is 3. The van der Waals surface area contributed by atoms with Crippen LogP contribution in [0.2, 0.25) is 0 Å². The van der Waals surface area contributed by atoms with Crippen molar-refractivity contribution >= 4 is 15.5 Å². The van der Waals surface area contributed by atoms with E-state index in [0.29, 0.717) is 10.6 Å². The maximum atomic E-state index is 12.0. The van der Waals surface area contributed by atoms with E-state index in [9.17, 15) is 8.42 Å². The topological polar surface area (TPSA) is 46.2 Å². The van der Waals surface area contributed by atoms with Crippen molar-refractivity contribution < 1.29 is 8.42 Å². The van der Waals surface area contributed by atoms with Gasteiger partial charge in [-0.1, -0.05) is 6.07 Å². The van der Waals surface area contributed by atoms with Gasteiger partial charge in [0, 0.05) is 7.05 Å². The first-order valence-corrected chi connectivity index (χ1v) is 6.46. The molecule has 0 heterocycles. The largest absolute Gasteiger partial charge is 0.387 e. The monoisotopic (exact) mass is 227 g/mol. The van der Waals surface area contributed by atoms with Crippen LogP contribution < -0.4 is 5.32 Å². The minimum atomic E-state index is -3.20. The lowest BCUT2D eigenvalue weighted by atomic mass is 10.2. The van der Waals surface area contributed by atoms with Crippen LogP contribution in [0.15, 0.2) is 23.1 Å². The van der Waals surface area contributed by atoms with Gasteiger partial charge in [0.15, 0.2) is 9.84 Å². The van der Waals surface area contributed by atoms with Crippen LogP contribution in [0.4, 0.5) is 5.69 Å². The van der Waals surface area contributed by atoms with Gasteiger partial charge < -0.3 is 5.32 Å². The Morgan fingerprint density at radius 1 is 1.27 bits per heavy atom. The summed E-state index contributed by atoms with van der Waals surface area (Å²) in [6.07, 6.45) is 0. The Morgan fingerprint density at radius 2 is 1.87 bits per heavy atom. The number of benzene rings is 1. The molecule has 1 aromatic carbocycles. The molecule has 1 aromatic rings. The number of sulfone groups is 1. The number of hydrogen-bond donors (Lipinski definition) is 1. The summed E-state index contributed by atoms with van der Waals surface area (Å²) < 4.78 is 24.0. The molecular weight excluding hydrogens is 210 g/mol. The average Bonchev–Trinajstić information content (AvgIpc) is 2.16. The first kappa shape index (κ1) is 12.0. The van der Waals surface area contributed by atoms with Crippen molar-refractivity contribution in [1.29, 1.82) is 0 Å². The summed E-state index contributed by atoms with van der Waals surface area (Å²) in [6, 6.07) is 5.32. The number of nitrogens with one attached hydrogen (secondary N) is 1. The lowest BCUT2D eigenvalue weighted by Gasteiger charge is -2.13. The molecular formula is C11H17NO2S. The molecule has 0 bridgehead atoms. The molecule has 0 fully saturated rings. The first-order valence-electron chi connectivity index (χ1n) is 4.92. The maximum absolute atomic E-state index is 12.0. The predicted molar refractivity (Wildman–Crippen MR) is 63.0 cm³/mol. The van der Waals surface area contributed by atoms with E-state index in [1.165, 1.54) is 0 Å². The van der Waals surface area contributed by atoms with Gasteiger partial charge in [0.2, 0.25) is 0 Å². The average molecular weight is 227 g/mol. The zero-order chi connectivity index (χ0) is 11.6. The van der Waals surface area contributed by atoms with Gasteiger partial charge in [-0.25, -0.2) is 8.42 Å². The Labute approximate surface area is 91.4 Å². The molecule has 0 spiro atoms. The molecule has 1 N–H and O–H groups in total. The molecule has 3 nitrogen and oxygen atoms in total. The Balaban J connectivity index is 3.38. The fraction of sp³-hybridized carbons (Fsp3) is 0.455. The fourth-order valence-corrected chi connectivity index (χ4v) is 2.57. The fourth-order valence-electron chi connectivity index (χ4n) is 1.34. The summed E-state index contributed by atoms with van der Waals surface area (Å²) in [7, 11) is -1.47. The van der Waals surface area contributed by atoms with Gasteiger partial charge in [-0.05, 0) is 38.5 Å². The number of hydrogen-bond acceptors (Lipinski definition) is 3. The molecule has 0 aliphatic rings. The van der Waals surface area contributed by atoms with Crippen molar-refractivity contribution in [1.82, 2.24) is 0 Å². The highest BCUT2D eigenvalue weighted by atomic mass is 32.2. The van der Waals surface area contributed by atoms with Crippen molar-refractivity contribution in [3.63, 3.8) is 0 Å². The first-order chi connectivity index (χ1) is 6.89. The summed E-state index contributed by atoms with van der Waals surface area (Å²) >= 11 is 0. The van der Waals surface area contributed by atoms with E-state index < -0.39 is 15.1 Å². The van der Waals surface area contributed by atoms with Crippen LogP contribution in [0, 0.1) is 6.92 Å². The second-order valence-electron chi connectivity index (χ2n) is 3.84. The molecule has 0 saturated carbocycles. The molecule has 0 aliphatic heterocycles. The van der Waals surface area contributed by atoms with Gasteiger partial charge in [-0.15, -0.1) is 0 Å². The number of aryl methyl sites for hydroxylation is 1. The van der Waals surface area contributed by atoms with E-state index in [0.717, 1.165) is 5.56 Å². The lowest BCUT2D eigenvalue weighted by Crippen LogP contribution is -2.15. The van der Waals surface area contributed by atoms with Crippen molar-refractivity contribution in [2.45, 2.75) is 30.9 Å². The number of anilines is 1. The zero-order valence-electron chi connectivity index (χ0n) is 9.53. The third kappa shape index (κ3) is 2.31. The zero-order valence-corrected chi connectivity index (χ0v) is 10.4. The van der Waals surface area contributed by atoms with E-state index in [2.05, 4.69) is 5.32 Å². The predicted octanol–water partition coefficient (Wildman–Crippen LogP) is 2.22. The second kappa shape index (κ2) is 4.23. The Hall–Kier alpha value is -1.03. The summed E-state index contributed by atoms with van der Waals surface area (Å²) in [4.78, 5) is 0.380. The normalized spacial score (nSPS) is 11.8. The Bertz CT molecular complexity index is 450. The van der Waals surface area contributed by atoms with Crippen molar-refractivity contribution in [3.05, 3.63) is 23.8 Å². The van der Waals surface area contributed by atoms with Crippen LogP contribution in [0.1, 0.15) is 19.4 Å². The van der Waals surface area contributed by atoms with Crippen molar-refractivity contribution in [3.8, 4) is 0 Å². The molecule has 15 heavy (non-hydrogen) atoms. The highest BCUT2D eigenvalue weighted by Gasteiger charge is 2.22. The molecule has 0 radical (unpaired) electrons. The van der Waals surface area contributed by atoms with Crippen molar-refractivity contribution in [2.75, 3.05) is 12.4 Å². The van der Waals surface area contributed by atoms with Crippen LogP contribution in [-0.4, -0.2) is 20.7 Å². The van der Waals surface area contributed by atoms with Crippen LogP contribution in [0.25, 0.3) is 0 Å². The van der Waals surface area contributed by atoms with Crippen molar-refractivity contribution in [2.24, 2.45) is 0 Å². The molecule has 0 amide bonds. The van der Waals surface area contributed by atoms with Gasteiger partial charge in [0.1, 0.15) is 0 Å². The van der Waals surface area contributed by atoms with Gasteiger partial charge in [0.05, 0.1) is 15.8 Å². The Morgan fingerprint density at radius 3 is 2.33 bits per heavy atom. The van der Waals surface area contributed by atoms with Gasteiger partial charge >= 0.3 is 0 Å². The molecule has 0 saturated heterocycles. The molecule has 4 heteroatoms. The molecule has 1 rings (SSSR count). The second-order valence-corrected chi connectivity index (χ2v) is 6.32. The van der Waals surface area contributed by atoms with Gasteiger partial charge in [-0.2, -0.15) is 0 Å². The molecule has 0 unspecified atom stereocenters. The minimum absolute atomic E-state index is 0.380. The summed E-state index contributed by atoms with van der Waals surface area (Å²) in [5, 5.41) is 2.52. The summed E-state index contributed by atoms with van der Waals surface area (Å²) in [5.41, 5.74) is 1.71. The van der Waals surface area contributed by atoms with Crippen LogP contribution in [-0.2, 0) is 9.84 Å². The van der Waals surface area contributed by atoms with E-state index in [1.807, 2.05) is 19.1 Å². The summed E-state index contributed by atoms with van der Waals surface area (Å²) in [6.45, 7) is 5.32. The summed E-state index contributed by atoms with van der Waals surface area (Å²) in [5.74, 6) is 0. The standard InChI is InChI=1S/C11H17NO2S/c1-8(2)15(13,14)11-6-5-9(3)7-10(11)12-4/h5-8,12H,1-4H3. The van der Waals surface area contributed by atoms with Gasteiger partial charge in [-0.3, -0.25) is 0 Å². The van der Waals surface area contributed by atoms with E-state index in [-0.39, 0.29) is 0 Å². The highest BCUT2D eigenvalue weighted by Crippen LogP contribution is 2.25. The molecule has 84 valence electrons.